The number of hydrogen-bond donors (Lipinski definition) is 3. The number of esters is 2. The van der Waals surface area contributed by atoms with Crippen LogP contribution in [0.3, 0.4) is 0 Å². The average molecular weight is 566 g/mol. The number of fused-ring (bicyclic) bond motifs is 1. The molecule has 0 saturated heterocycles. The second-order valence-electron chi connectivity index (χ2n) is 10.6. The molecular formula is C26H44N7O5P. The Kier molecular flexibility index (Phi) is 11.8. The van der Waals surface area contributed by atoms with Crippen LogP contribution in [-0.2, 0) is 30.3 Å². The quantitative estimate of drug-likeness (QED) is 0.155. The van der Waals surface area contributed by atoms with Gasteiger partial charge in [0.05, 0.1) is 40.2 Å². The molecule has 0 radical (unpaired) electrons. The van der Waals surface area contributed by atoms with Crippen molar-refractivity contribution in [3.8, 4) is 0 Å². The topological polar surface area (TPSA) is 156 Å². The number of hydrogen-bond acceptors (Lipinski definition) is 11. The van der Waals surface area contributed by atoms with E-state index in [1.165, 1.54) is 6.33 Å². The second kappa shape index (κ2) is 14.8. The van der Waals surface area contributed by atoms with E-state index in [9.17, 15) is 9.59 Å². The molecule has 218 valence electrons. The van der Waals surface area contributed by atoms with E-state index < -0.39 is 19.8 Å². The molecule has 0 amide bonds. The molecule has 12 nitrogen and oxygen atoms in total. The first-order valence-corrected chi connectivity index (χ1v) is 15.4. The molecule has 0 aromatic carbocycles. The predicted octanol–water partition coefficient (Wildman–Crippen LogP) is 3.65. The summed E-state index contributed by atoms with van der Waals surface area (Å²) in [4.78, 5) is 38.2. The molecule has 13 heteroatoms. The van der Waals surface area contributed by atoms with E-state index in [4.69, 9.17) is 19.9 Å². The highest BCUT2D eigenvalue weighted by molar-refractivity contribution is 7.53. The van der Waals surface area contributed by atoms with Crippen LogP contribution in [0, 0.1) is 0 Å². The van der Waals surface area contributed by atoms with Gasteiger partial charge in [0.2, 0.25) is 0 Å². The van der Waals surface area contributed by atoms with Gasteiger partial charge in [0.1, 0.15) is 29.5 Å². The first-order valence-electron chi connectivity index (χ1n) is 13.8. The highest BCUT2D eigenvalue weighted by Crippen LogP contribution is 2.32. The van der Waals surface area contributed by atoms with Gasteiger partial charge in [-0.25, -0.2) is 15.0 Å². The number of anilines is 1. The lowest BCUT2D eigenvalue weighted by Gasteiger charge is -2.32. The number of nitrogen functional groups attached to an aromatic ring is 1. The van der Waals surface area contributed by atoms with Gasteiger partial charge in [-0.15, -0.1) is 0 Å². The molecule has 4 N–H and O–H groups in total. The van der Waals surface area contributed by atoms with Gasteiger partial charge in [0, 0.05) is 0 Å². The Morgan fingerprint density at radius 1 is 1.21 bits per heavy atom. The third-order valence-electron chi connectivity index (χ3n) is 6.57. The number of carbonyl (C=O) groups excluding carboxylic acids is 2. The molecule has 3 rings (SSSR count). The standard InChI is InChI=1S/C26H44N7O5P/c1-6-7-10-13-36-25(35)26(4,5)32-39(31-19(3)24(34)38-20-11-8-9-12-20)17-37-18(2)14-33-16-30-21-22(27)28-15-29-23(21)33/h15-16,18-20,31-32H,6-14,17H2,1-5H3,(H2,27,28,29)/t18-,19-,39?/m1/s1. The van der Waals surface area contributed by atoms with Crippen molar-refractivity contribution >= 4 is 37.1 Å². The van der Waals surface area contributed by atoms with E-state index in [1.807, 2.05) is 11.5 Å². The van der Waals surface area contributed by atoms with Gasteiger partial charge in [0.25, 0.3) is 0 Å². The van der Waals surface area contributed by atoms with Crippen molar-refractivity contribution < 1.29 is 23.8 Å². The molecule has 1 fully saturated rings. The molecule has 3 atom stereocenters. The van der Waals surface area contributed by atoms with Gasteiger partial charge in [-0.3, -0.25) is 19.8 Å². The minimum absolute atomic E-state index is 0.0189. The molecule has 1 saturated carbocycles. The first-order chi connectivity index (χ1) is 18.6. The molecule has 1 aliphatic rings. The van der Waals surface area contributed by atoms with Crippen LogP contribution in [0.1, 0.15) is 79.6 Å². The summed E-state index contributed by atoms with van der Waals surface area (Å²) < 4.78 is 19.3. The Morgan fingerprint density at radius 2 is 1.95 bits per heavy atom. The summed E-state index contributed by atoms with van der Waals surface area (Å²) in [6.45, 7) is 10.2. The third kappa shape index (κ3) is 9.34. The number of ether oxygens (including phenoxy) is 3. The molecule has 0 spiro atoms. The van der Waals surface area contributed by atoms with Crippen molar-refractivity contribution in [2.24, 2.45) is 0 Å². The summed E-state index contributed by atoms with van der Waals surface area (Å²) in [6, 6.07) is -0.572. The Morgan fingerprint density at radius 3 is 2.67 bits per heavy atom. The van der Waals surface area contributed by atoms with E-state index in [0.717, 1.165) is 44.9 Å². The smallest absolute Gasteiger partial charge is 0.326 e. The summed E-state index contributed by atoms with van der Waals surface area (Å²) >= 11 is 0. The van der Waals surface area contributed by atoms with Crippen molar-refractivity contribution in [3.05, 3.63) is 12.7 Å². The normalized spacial score (nSPS) is 16.7. The lowest BCUT2D eigenvalue weighted by molar-refractivity contribution is -0.150. The van der Waals surface area contributed by atoms with Crippen LogP contribution in [0.5, 0.6) is 0 Å². The summed E-state index contributed by atoms with van der Waals surface area (Å²) in [7, 11) is -1.32. The van der Waals surface area contributed by atoms with Crippen LogP contribution >= 0.6 is 8.22 Å². The van der Waals surface area contributed by atoms with E-state index >= 15 is 0 Å². The monoisotopic (exact) mass is 565 g/mol. The van der Waals surface area contributed by atoms with Crippen molar-refractivity contribution in [1.82, 2.24) is 29.7 Å². The van der Waals surface area contributed by atoms with Gasteiger partial charge in [-0.05, 0) is 59.8 Å². The number of aromatic nitrogens is 4. The molecule has 39 heavy (non-hydrogen) atoms. The molecule has 1 unspecified atom stereocenters. The zero-order valence-corrected chi connectivity index (χ0v) is 24.7. The molecule has 2 heterocycles. The molecule has 2 aromatic rings. The number of nitrogens with zero attached hydrogens (tertiary/aromatic N) is 4. The average Bonchev–Trinajstić information content (AvgIpc) is 3.55. The zero-order valence-electron chi connectivity index (χ0n) is 23.8. The predicted molar refractivity (Wildman–Crippen MR) is 151 cm³/mol. The van der Waals surface area contributed by atoms with Crippen molar-refractivity contribution in [3.63, 3.8) is 0 Å². The maximum absolute atomic E-state index is 12.8. The summed E-state index contributed by atoms with van der Waals surface area (Å²) in [5.41, 5.74) is 6.09. The van der Waals surface area contributed by atoms with Gasteiger partial charge in [-0.1, -0.05) is 19.8 Å². The van der Waals surface area contributed by atoms with Crippen LogP contribution in [0.2, 0.25) is 0 Å². The maximum Gasteiger partial charge on any atom is 0.326 e. The summed E-state index contributed by atoms with van der Waals surface area (Å²) in [6.07, 6.45) is 9.93. The summed E-state index contributed by atoms with van der Waals surface area (Å²) in [5.74, 6) is -0.317. The first kappa shape index (κ1) is 31.1. The van der Waals surface area contributed by atoms with Gasteiger partial charge in [0.15, 0.2) is 11.5 Å². The molecule has 1 aliphatic carbocycles. The van der Waals surface area contributed by atoms with E-state index in [0.29, 0.717) is 30.1 Å². The van der Waals surface area contributed by atoms with Gasteiger partial charge >= 0.3 is 11.9 Å². The Bertz CT molecular complexity index is 1080. The van der Waals surface area contributed by atoms with E-state index in [-0.39, 0.29) is 30.5 Å². The summed E-state index contributed by atoms with van der Waals surface area (Å²) in [5, 5.41) is 6.67. The van der Waals surface area contributed by atoms with Crippen LogP contribution in [0.15, 0.2) is 12.7 Å². The van der Waals surface area contributed by atoms with Crippen molar-refractivity contribution in [2.75, 3.05) is 18.7 Å². The van der Waals surface area contributed by atoms with Crippen LogP contribution in [-0.4, -0.2) is 68.2 Å². The molecule has 0 aliphatic heterocycles. The number of rotatable bonds is 16. The minimum Gasteiger partial charge on any atom is -0.464 e. The SMILES string of the molecule is CCCCCOC(=O)C(C)(C)NP(CO[C@H](C)Cn1cnc2c(N)ncnc21)N[C@H](C)C(=O)OC1CCCC1. The fourth-order valence-corrected chi connectivity index (χ4v) is 6.25. The molecular weight excluding hydrogens is 521 g/mol. The fourth-order valence-electron chi connectivity index (χ4n) is 4.31. The van der Waals surface area contributed by atoms with E-state index in [2.05, 4.69) is 32.1 Å². The highest BCUT2D eigenvalue weighted by atomic mass is 31.1. The van der Waals surface area contributed by atoms with E-state index in [1.54, 1.807) is 27.1 Å². The number of carbonyl (C=O) groups is 2. The largest absolute Gasteiger partial charge is 0.464 e. The van der Waals surface area contributed by atoms with Crippen LogP contribution in [0.25, 0.3) is 11.2 Å². The van der Waals surface area contributed by atoms with Crippen molar-refractivity contribution in [1.29, 1.82) is 0 Å². The Hall–Kier alpha value is -2.40. The van der Waals surface area contributed by atoms with Gasteiger partial charge < -0.3 is 24.5 Å². The fraction of sp³-hybridized carbons (Fsp3) is 0.731. The van der Waals surface area contributed by atoms with Gasteiger partial charge in [-0.2, -0.15) is 0 Å². The molecule has 0 bridgehead atoms. The van der Waals surface area contributed by atoms with Crippen molar-refractivity contribution in [2.45, 2.75) is 110 Å². The minimum atomic E-state index is -1.32. The maximum atomic E-state index is 12.8. The highest BCUT2D eigenvalue weighted by Gasteiger charge is 2.34. The lowest BCUT2D eigenvalue weighted by Crippen LogP contribution is -2.49. The number of imidazole rings is 1. The molecule has 2 aromatic heterocycles. The number of nitrogens with one attached hydrogen (secondary N) is 2. The lowest BCUT2D eigenvalue weighted by atomic mass is 10.1. The second-order valence-corrected chi connectivity index (χ2v) is 12.2. The third-order valence-corrected chi connectivity index (χ3v) is 8.50. The number of nitrogens with two attached hydrogens (primary N) is 1. The number of unbranched alkanes of at least 4 members (excludes halogenated alkanes) is 2. The zero-order chi connectivity index (χ0) is 28.4. The van der Waals surface area contributed by atoms with Crippen LogP contribution in [0.4, 0.5) is 5.82 Å². The Balaban J connectivity index is 1.62. The van der Waals surface area contributed by atoms with Crippen LogP contribution < -0.4 is 15.9 Å². The Labute approximate surface area is 232 Å².